The van der Waals surface area contributed by atoms with Crippen LogP contribution < -0.4 is 50.4 Å². The number of anilines is 2. The standard InChI is InChI=1S/3C24H20N4O5.C13H14N2O.C11H9NO4.4C2H7NO.BrH/c3*1-13-21(23(30)28(27-13)16-9-8-14-4-2-5-15(14)12-16)26-25-18-7-3-6-17(22(18)29)19-10-11-20(33-19)24(31)32;1-9-7-13(16)15(14-9)12-6-5-10-3-2-4-11(10)8-12;12-7-3-1-2-6(10(7)13)8-4-5-9(16-8)11(14)15;4*3-1-2-4;/h3*3,6-12,27,29H,2,4-5H2,1H3,(H,31,32);5-6,8H,2-4,7H2,1H3;1-5,13H,12H2,(H,14,15);4*4H,1-3H2;1H. The number of phenolic OH excluding ortho intramolecular Hbond substituents is 4. The zero-order valence-corrected chi connectivity index (χ0v) is 82.5. The van der Waals surface area contributed by atoms with E-state index in [1.807, 2.05) is 49.4 Å². The van der Waals surface area contributed by atoms with Gasteiger partial charge in [-0.25, -0.2) is 38.2 Å². The first-order chi connectivity index (χ1) is 70.7. The number of aromatic amines is 3. The van der Waals surface area contributed by atoms with Crippen molar-refractivity contribution in [3.05, 3.63) is 310 Å². The molecule has 8 heterocycles. The number of azo groups is 3. The van der Waals surface area contributed by atoms with E-state index >= 15 is 0 Å². The predicted molar refractivity (Wildman–Crippen MR) is 556 cm³/mol. The number of carboxylic acid groups (broad SMARTS) is 4. The predicted octanol–water partition coefficient (Wildman–Crippen LogP) is 15.7. The first-order valence-electron chi connectivity index (χ1n) is 46.4. The van der Waals surface area contributed by atoms with Crippen molar-refractivity contribution in [2.75, 3.05) is 63.3 Å². The van der Waals surface area contributed by atoms with E-state index in [2.05, 4.69) is 81.4 Å². The molecule has 148 heavy (non-hydrogen) atoms. The lowest BCUT2D eigenvalue weighted by atomic mass is 10.1. The summed E-state index contributed by atoms with van der Waals surface area (Å²) in [6, 6.07) is 54.2. The number of aliphatic hydroxyl groups excluding tert-OH is 4. The number of carbonyl (C=O) groups excluding carboxylic acids is 1. The summed E-state index contributed by atoms with van der Waals surface area (Å²) in [6.45, 7) is 8.97. The van der Waals surface area contributed by atoms with E-state index in [-0.39, 0.29) is 192 Å². The number of rotatable bonds is 22. The van der Waals surface area contributed by atoms with Crippen LogP contribution in [0.4, 0.5) is 45.5 Å². The molecule has 0 unspecified atom stereocenters. The fourth-order valence-corrected chi connectivity index (χ4v) is 15.9. The van der Waals surface area contributed by atoms with Gasteiger partial charge in [0, 0.05) is 31.9 Å². The second-order valence-electron chi connectivity index (χ2n) is 33.4. The highest BCUT2D eigenvalue weighted by molar-refractivity contribution is 8.93. The minimum Gasteiger partial charge on any atom is -0.505 e. The third-order valence-electron chi connectivity index (χ3n) is 23.1. The van der Waals surface area contributed by atoms with Crippen LogP contribution in [0.3, 0.4) is 0 Å². The van der Waals surface area contributed by atoms with Gasteiger partial charge in [0.25, 0.3) is 22.6 Å². The molecule has 1 aliphatic heterocycles. The van der Waals surface area contributed by atoms with Crippen molar-refractivity contribution in [3.8, 4) is 85.4 Å². The Morgan fingerprint density at radius 3 is 0.845 bits per heavy atom. The second-order valence-corrected chi connectivity index (χ2v) is 33.4. The fourth-order valence-electron chi connectivity index (χ4n) is 15.9. The number of aliphatic hydroxyl groups is 4. The lowest BCUT2D eigenvalue weighted by Gasteiger charge is -2.13. The number of hydrazone groups is 1. The number of furan rings is 4. The lowest BCUT2D eigenvalue weighted by Crippen LogP contribution is -2.19. The Bertz CT molecular complexity index is 7020. The van der Waals surface area contributed by atoms with Gasteiger partial charge in [0.1, 0.15) is 45.9 Å². The molecule has 4 aliphatic carbocycles. The number of aromatic nitrogens is 6. The number of H-pyrrole nitrogens is 3. The van der Waals surface area contributed by atoms with Crippen molar-refractivity contribution in [2.45, 2.75) is 111 Å². The van der Waals surface area contributed by atoms with E-state index in [9.17, 15) is 58.8 Å². The summed E-state index contributed by atoms with van der Waals surface area (Å²) in [7, 11) is 0. The number of aromatic hydroxyl groups is 4. The van der Waals surface area contributed by atoms with Gasteiger partial charge in [-0.05, 0) is 295 Å². The number of carbonyl (C=O) groups is 5. The summed E-state index contributed by atoms with van der Waals surface area (Å²) < 4.78 is 25.2. The molecular weight excluding hydrogens is 1980 g/mol. The van der Waals surface area contributed by atoms with Gasteiger partial charge in [0.15, 0.2) is 34.3 Å². The molecule has 0 saturated heterocycles. The smallest absolute Gasteiger partial charge is 0.371 e. The van der Waals surface area contributed by atoms with Gasteiger partial charge in [-0.15, -0.1) is 47.7 Å². The Kier molecular flexibility index (Phi) is 39.4. The van der Waals surface area contributed by atoms with Crippen LogP contribution >= 0.6 is 17.0 Å². The number of phenols is 4. The number of aromatic carboxylic acids is 4. The van der Waals surface area contributed by atoms with Crippen LogP contribution in [-0.2, 0) is 56.2 Å². The maximum absolute atomic E-state index is 13.0. The van der Waals surface area contributed by atoms with Crippen LogP contribution in [0.1, 0.15) is 143 Å². The van der Waals surface area contributed by atoms with Crippen molar-refractivity contribution in [2.24, 2.45) is 58.7 Å². The number of carboxylic acids is 4. The summed E-state index contributed by atoms with van der Waals surface area (Å²) in [4.78, 5) is 94.5. The number of hydrogen-bond acceptors (Lipinski definition) is 32. The molecule has 0 atom stereocenters. The first-order valence-corrected chi connectivity index (χ1v) is 46.4. The van der Waals surface area contributed by atoms with Crippen molar-refractivity contribution < 1.29 is 103 Å². The average molecular weight is 2090 g/mol. The second kappa shape index (κ2) is 52.4. The van der Waals surface area contributed by atoms with Gasteiger partial charge in [-0.1, -0.05) is 48.5 Å². The molecule has 15 aromatic rings. The number of hydrogen-bond donors (Lipinski definition) is 20. The summed E-state index contributed by atoms with van der Waals surface area (Å²) >= 11 is 0. The number of amides is 1. The number of fused-ring (bicyclic) bond motifs is 4. The molecule has 0 fully saturated rings. The van der Waals surface area contributed by atoms with E-state index in [0.717, 1.165) is 92.7 Å². The third kappa shape index (κ3) is 27.3. The van der Waals surface area contributed by atoms with Gasteiger partial charge in [0.05, 0.1) is 101 Å². The molecule has 8 aromatic carbocycles. The van der Waals surface area contributed by atoms with Crippen molar-refractivity contribution in [1.29, 1.82) is 0 Å². The average Bonchev–Trinajstić information content (AvgIpc) is 1.64. The number of nitrogens with zero attached hydrogens (tertiary/aromatic N) is 11. The number of nitrogens with two attached hydrogens (primary N) is 5. The quantitative estimate of drug-likeness (QED) is 0.0170. The topological polar surface area (TPSA) is 714 Å². The SMILES string of the molecule is Br.CC1=NN(c2ccc3c(c2)CCC3)C(=O)C1.Cc1[nH]n(-c2ccc3c(c2)CCC3)c(=O)c1N=Nc1cccc(-c2ccc(C(=O)O)o2)c1O.Cc1[nH]n(-c2ccc3c(c2)CCC3)c(=O)c1N=Nc1cccc(-c2ccc(C(=O)O)o2)c1O.Cc1[nH]n(-c2ccc3c(c2)CCC3)c(=O)c1N=Nc1cccc(-c2ccc(C(=O)O)o2)c1O.NCCO.NCCO.NCCO.NCCO.Nc1cccc(-c2ccc(C(=O)O)o2)c1O. The molecule has 20 rings (SSSR count). The normalized spacial score (nSPS) is 12.7. The van der Waals surface area contributed by atoms with Crippen molar-refractivity contribution >= 4 is 98.0 Å². The Hall–Kier alpha value is -17.1. The molecule has 1 amide bonds. The zero-order chi connectivity index (χ0) is 106. The van der Waals surface area contributed by atoms with E-state index in [0.29, 0.717) is 55.2 Å². The number of para-hydroxylation sites is 4. The van der Waals surface area contributed by atoms with E-state index in [4.69, 9.17) is 87.2 Å². The summed E-state index contributed by atoms with van der Waals surface area (Å²) in [6.07, 6.45) is 13.5. The molecule has 43 nitrogen and oxygen atoms in total. The molecule has 0 spiro atoms. The van der Waals surface area contributed by atoms with Gasteiger partial charge < -0.3 is 108 Å². The summed E-state index contributed by atoms with van der Waals surface area (Å²) in [5, 5.41) is 148. The monoisotopic (exact) mass is 2090 g/mol. The minimum atomic E-state index is -1.21. The molecular formula is C104H112BrN19O24. The highest BCUT2D eigenvalue weighted by Crippen LogP contribution is 2.44. The van der Waals surface area contributed by atoms with E-state index in [1.165, 1.54) is 143 Å². The molecule has 44 heteroatoms. The Morgan fingerprint density at radius 1 is 0.345 bits per heavy atom. The Balaban J connectivity index is 0.000000173. The Morgan fingerprint density at radius 2 is 0.595 bits per heavy atom. The zero-order valence-electron chi connectivity index (χ0n) is 80.8. The number of nitrogens with one attached hydrogen (secondary N) is 3. The lowest BCUT2D eigenvalue weighted by molar-refractivity contribution is -0.116. The Labute approximate surface area is 854 Å². The van der Waals surface area contributed by atoms with Gasteiger partial charge in [-0.3, -0.25) is 34.5 Å². The molecule has 0 saturated carbocycles. The molecule has 7 aromatic heterocycles. The maximum Gasteiger partial charge on any atom is 0.371 e. The minimum absolute atomic E-state index is 0. The van der Waals surface area contributed by atoms with Gasteiger partial charge in [0.2, 0.25) is 23.0 Å². The molecule has 0 bridgehead atoms. The molecule has 25 N–H and O–H groups in total. The summed E-state index contributed by atoms with van der Waals surface area (Å²) in [5.74, 6) is -5.64. The van der Waals surface area contributed by atoms with Crippen LogP contribution in [-0.4, -0.2) is 179 Å². The fraction of sp³-hybridized carbons (Fsp3) is 0.240. The van der Waals surface area contributed by atoms with Crippen LogP contribution in [0.5, 0.6) is 23.0 Å². The van der Waals surface area contributed by atoms with Gasteiger partial charge >= 0.3 is 23.9 Å². The van der Waals surface area contributed by atoms with Crippen LogP contribution in [0, 0.1) is 20.8 Å². The number of benzene rings is 8. The van der Waals surface area contributed by atoms with Crippen LogP contribution in [0.15, 0.2) is 262 Å². The maximum atomic E-state index is 13.0. The number of aryl methyl sites for hydroxylation is 11. The van der Waals surface area contributed by atoms with Crippen LogP contribution in [0.25, 0.3) is 62.4 Å². The van der Waals surface area contributed by atoms with Crippen LogP contribution in [0.2, 0.25) is 0 Å². The number of nitrogen functional groups attached to an aromatic ring is 1. The molecule has 0 radical (unpaired) electrons. The number of halogens is 1. The van der Waals surface area contributed by atoms with E-state index < -0.39 is 23.9 Å². The van der Waals surface area contributed by atoms with Crippen molar-refractivity contribution in [1.82, 2.24) is 29.3 Å². The third-order valence-corrected chi connectivity index (χ3v) is 23.1. The largest absolute Gasteiger partial charge is 0.505 e. The highest BCUT2D eigenvalue weighted by atomic mass is 79.9. The van der Waals surface area contributed by atoms with Gasteiger partial charge in [-0.2, -0.15) is 5.10 Å². The van der Waals surface area contributed by atoms with Crippen molar-refractivity contribution in [3.63, 3.8) is 0 Å². The highest BCUT2D eigenvalue weighted by Gasteiger charge is 2.28. The summed E-state index contributed by atoms with van der Waals surface area (Å²) in [5.41, 5.74) is 41.9. The molecule has 774 valence electrons. The molecule has 5 aliphatic rings. The first kappa shape index (κ1) is 111. The van der Waals surface area contributed by atoms with E-state index in [1.54, 1.807) is 75.4 Å².